The molecule has 3 rings (SSSR count). The molecule has 0 atom stereocenters. The fraction of sp³-hybridized carbons (Fsp3) is 0.381. The maximum absolute atomic E-state index is 12.2. The first-order chi connectivity index (χ1) is 13.5. The van der Waals surface area contributed by atoms with Crippen LogP contribution in [0.4, 0.5) is 11.6 Å². The lowest BCUT2D eigenvalue weighted by Crippen LogP contribution is -2.47. The number of carbonyl (C=O) groups is 1. The molecule has 2 aromatic rings. The minimum atomic E-state index is -0.275. The third-order valence-corrected chi connectivity index (χ3v) is 5.07. The maximum Gasteiger partial charge on any atom is 0.258 e. The highest BCUT2D eigenvalue weighted by Gasteiger charge is 2.23. The summed E-state index contributed by atoms with van der Waals surface area (Å²) < 4.78 is 5.32. The summed E-state index contributed by atoms with van der Waals surface area (Å²) in [6.45, 7) is 11.7. The van der Waals surface area contributed by atoms with E-state index in [0.717, 1.165) is 26.2 Å². The highest BCUT2D eigenvalue weighted by atomic mass is 16.5. The van der Waals surface area contributed by atoms with Crippen LogP contribution in [0.2, 0.25) is 0 Å². The number of hydrogen-bond acceptors (Lipinski definition) is 6. The van der Waals surface area contributed by atoms with Gasteiger partial charge in [0.1, 0.15) is 5.56 Å². The van der Waals surface area contributed by atoms with Crippen LogP contribution in [0.15, 0.2) is 37.1 Å². The van der Waals surface area contributed by atoms with Crippen molar-refractivity contribution >= 4 is 17.5 Å². The van der Waals surface area contributed by atoms with Crippen molar-refractivity contribution in [2.24, 2.45) is 0 Å². The van der Waals surface area contributed by atoms with E-state index in [9.17, 15) is 4.79 Å². The normalized spacial score (nSPS) is 14.0. The van der Waals surface area contributed by atoms with Crippen LogP contribution in [0.5, 0.6) is 5.88 Å². The van der Waals surface area contributed by atoms with E-state index < -0.39 is 0 Å². The van der Waals surface area contributed by atoms with Crippen molar-refractivity contribution in [3.05, 3.63) is 53.7 Å². The number of methoxy groups -OCH3 is 1. The number of aromatic nitrogens is 2. The first-order valence-corrected chi connectivity index (χ1v) is 9.41. The summed E-state index contributed by atoms with van der Waals surface area (Å²) in [6.07, 6.45) is 3.14. The van der Waals surface area contributed by atoms with Crippen LogP contribution in [0.25, 0.3) is 0 Å². The summed E-state index contributed by atoms with van der Waals surface area (Å²) in [5.41, 5.74) is 4.23. The predicted molar refractivity (Wildman–Crippen MR) is 111 cm³/mol. The predicted octanol–water partition coefficient (Wildman–Crippen LogP) is 2.34. The molecule has 28 heavy (non-hydrogen) atoms. The Hall–Kier alpha value is -3.09. The molecule has 1 aromatic heterocycles. The van der Waals surface area contributed by atoms with Gasteiger partial charge in [-0.05, 0) is 31.0 Å². The number of carbonyl (C=O) groups excluding carboxylic acids is 1. The largest absolute Gasteiger partial charge is 0.480 e. The molecule has 0 bridgehead atoms. The Balaban J connectivity index is 1.71. The van der Waals surface area contributed by atoms with Crippen molar-refractivity contribution in [2.45, 2.75) is 13.8 Å². The summed E-state index contributed by atoms with van der Waals surface area (Å²) in [5, 5.41) is 2.72. The van der Waals surface area contributed by atoms with Crippen molar-refractivity contribution in [3.63, 3.8) is 0 Å². The molecule has 0 aliphatic carbocycles. The van der Waals surface area contributed by atoms with Crippen LogP contribution in [0.1, 0.15) is 21.5 Å². The molecule has 1 aliphatic heterocycles. The SMILES string of the molecule is C=CCNC(=O)c1cnc(N2CCN(c3cccc(C)c3C)CC2)nc1OC. The van der Waals surface area contributed by atoms with Crippen LogP contribution in [-0.4, -0.2) is 55.7 Å². The quantitative estimate of drug-likeness (QED) is 0.775. The Morgan fingerprint density at radius 3 is 2.64 bits per heavy atom. The van der Waals surface area contributed by atoms with E-state index in [-0.39, 0.29) is 11.8 Å². The molecule has 148 valence electrons. The summed E-state index contributed by atoms with van der Waals surface area (Å²) in [5.74, 6) is 0.587. The zero-order valence-electron chi connectivity index (χ0n) is 16.7. The Morgan fingerprint density at radius 2 is 1.96 bits per heavy atom. The number of nitrogens with one attached hydrogen (secondary N) is 1. The van der Waals surface area contributed by atoms with Crippen LogP contribution in [0, 0.1) is 13.8 Å². The minimum Gasteiger partial charge on any atom is -0.480 e. The Kier molecular flexibility index (Phi) is 6.13. The Bertz CT molecular complexity index is 860. The monoisotopic (exact) mass is 381 g/mol. The Labute approximate surface area is 166 Å². The fourth-order valence-corrected chi connectivity index (χ4v) is 3.31. The number of benzene rings is 1. The molecule has 1 aliphatic rings. The number of aryl methyl sites for hydroxylation is 1. The van der Waals surface area contributed by atoms with Crippen LogP contribution >= 0.6 is 0 Å². The average Bonchev–Trinajstić information content (AvgIpc) is 2.73. The molecule has 1 saturated heterocycles. The second-order valence-electron chi connectivity index (χ2n) is 6.78. The van der Waals surface area contributed by atoms with E-state index >= 15 is 0 Å². The number of hydrogen-bond donors (Lipinski definition) is 1. The summed E-state index contributed by atoms with van der Waals surface area (Å²) in [4.78, 5) is 25.6. The summed E-state index contributed by atoms with van der Waals surface area (Å²) >= 11 is 0. The van der Waals surface area contributed by atoms with Crippen molar-refractivity contribution in [1.82, 2.24) is 15.3 Å². The van der Waals surface area contributed by atoms with Gasteiger partial charge in [0.2, 0.25) is 11.8 Å². The van der Waals surface area contributed by atoms with Gasteiger partial charge in [-0.25, -0.2) is 4.98 Å². The number of amides is 1. The van der Waals surface area contributed by atoms with Gasteiger partial charge in [-0.1, -0.05) is 18.2 Å². The van der Waals surface area contributed by atoms with Crippen molar-refractivity contribution in [1.29, 1.82) is 0 Å². The van der Waals surface area contributed by atoms with Crippen LogP contribution < -0.4 is 19.9 Å². The number of nitrogens with zero attached hydrogens (tertiary/aromatic N) is 4. The second kappa shape index (κ2) is 8.73. The van der Waals surface area contributed by atoms with Crippen molar-refractivity contribution < 1.29 is 9.53 Å². The van der Waals surface area contributed by atoms with E-state index in [2.05, 4.69) is 63.7 Å². The van der Waals surface area contributed by atoms with Gasteiger partial charge in [-0.2, -0.15) is 4.98 Å². The second-order valence-corrected chi connectivity index (χ2v) is 6.78. The van der Waals surface area contributed by atoms with Gasteiger partial charge in [0.05, 0.1) is 7.11 Å². The molecule has 0 spiro atoms. The molecule has 1 N–H and O–H groups in total. The van der Waals surface area contributed by atoms with Gasteiger partial charge in [0.25, 0.3) is 5.91 Å². The van der Waals surface area contributed by atoms with E-state index in [4.69, 9.17) is 4.74 Å². The van der Waals surface area contributed by atoms with Gasteiger partial charge >= 0.3 is 0 Å². The molecule has 0 unspecified atom stereocenters. The molecule has 1 aromatic carbocycles. The lowest BCUT2D eigenvalue weighted by Gasteiger charge is -2.37. The summed E-state index contributed by atoms with van der Waals surface area (Å²) in [6, 6.07) is 6.42. The zero-order valence-corrected chi connectivity index (χ0v) is 16.7. The first kappa shape index (κ1) is 19.7. The lowest BCUT2D eigenvalue weighted by molar-refractivity contribution is 0.0954. The molecular weight excluding hydrogens is 354 g/mol. The first-order valence-electron chi connectivity index (χ1n) is 9.41. The van der Waals surface area contributed by atoms with E-state index in [1.54, 1.807) is 6.08 Å². The van der Waals surface area contributed by atoms with Gasteiger partial charge in [-0.15, -0.1) is 6.58 Å². The van der Waals surface area contributed by atoms with E-state index in [1.807, 2.05) is 0 Å². The third kappa shape index (κ3) is 4.08. The van der Waals surface area contributed by atoms with Gasteiger partial charge < -0.3 is 19.9 Å². The summed E-state index contributed by atoms with van der Waals surface area (Å²) in [7, 11) is 1.51. The smallest absolute Gasteiger partial charge is 0.258 e. The minimum absolute atomic E-state index is 0.275. The van der Waals surface area contributed by atoms with Crippen molar-refractivity contribution in [3.8, 4) is 5.88 Å². The van der Waals surface area contributed by atoms with Gasteiger partial charge in [0.15, 0.2) is 0 Å². The number of piperazine rings is 1. The molecule has 1 fully saturated rings. The third-order valence-electron chi connectivity index (χ3n) is 5.07. The maximum atomic E-state index is 12.2. The highest BCUT2D eigenvalue weighted by molar-refractivity contribution is 5.96. The number of anilines is 2. The zero-order chi connectivity index (χ0) is 20.1. The van der Waals surface area contributed by atoms with E-state index in [0.29, 0.717) is 18.1 Å². The van der Waals surface area contributed by atoms with Gasteiger partial charge in [0, 0.05) is 44.6 Å². The number of rotatable bonds is 6. The molecule has 1 amide bonds. The van der Waals surface area contributed by atoms with Crippen LogP contribution in [-0.2, 0) is 0 Å². The topological polar surface area (TPSA) is 70.6 Å². The average molecular weight is 381 g/mol. The molecule has 7 heteroatoms. The lowest BCUT2D eigenvalue weighted by atomic mass is 10.1. The molecule has 7 nitrogen and oxygen atoms in total. The molecule has 0 radical (unpaired) electrons. The Morgan fingerprint density at radius 1 is 1.25 bits per heavy atom. The van der Waals surface area contributed by atoms with Crippen LogP contribution in [0.3, 0.4) is 0 Å². The number of ether oxygens (including phenoxy) is 1. The highest BCUT2D eigenvalue weighted by Crippen LogP contribution is 2.25. The van der Waals surface area contributed by atoms with Gasteiger partial charge in [-0.3, -0.25) is 4.79 Å². The molecule has 0 saturated carbocycles. The van der Waals surface area contributed by atoms with E-state index in [1.165, 1.54) is 30.1 Å². The molecule has 2 heterocycles. The standard InChI is InChI=1S/C21H27N5O2/c1-5-9-22-19(27)17-14-23-21(24-20(17)28-4)26-12-10-25(11-13-26)18-8-6-7-15(2)16(18)3/h5-8,14H,1,9-13H2,2-4H3,(H,22,27). The van der Waals surface area contributed by atoms with Crippen molar-refractivity contribution in [2.75, 3.05) is 49.6 Å². The molecular formula is C21H27N5O2. The fourth-order valence-electron chi connectivity index (χ4n) is 3.31.